The number of nitrogens with zero attached hydrogens (tertiary/aromatic N) is 1. The molecule has 1 aromatic rings. The van der Waals surface area contributed by atoms with Gasteiger partial charge in [-0.1, -0.05) is 77.4 Å². The molecule has 0 spiro atoms. The van der Waals surface area contributed by atoms with Gasteiger partial charge >= 0.3 is 0 Å². The third kappa shape index (κ3) is 6.08. The van der Waals surface area contributed by atoms with Crippen molar-refractivity contribution in [3.8, 4) is 0 Å². The molecule has 1 heterocycles. The minimum Gasteiger partial charge on any atom is -0.326 e. The van der Waals surface area contributed by atoms with E-state index in [2.05, 4.69) is 12.2 Å². The summed E-state index contributed by atoms with van der Waals surface area (Å²) in [6.07, 6.45) is 16.2. The van der Waals surface area contributed by atoms with Crippen molar-refractivity contribution in [3.05, 3.63) is 36.4 Å². The first-order chi connectivity index (χ1) is 15.5. The molecular weight excluding hydrogens is 400 g/mol. The first kappa shape index (κ1) is 24.2. The molecule has 1 N–H and O–H groups in total. The number of carbonyl (C=O) groups excluding carboxylic acids is 3. The lowest BCUT2D eigenvalue weighted by Crippen LogP contribution is -2.31. The van der Waals surface area contributed by atoms with E-state index in [4.69, 9.17) is 0 Å². The number of anilines is 2. The van der Waals surface area contributed by atoms with Crippen molar-refractivity contribution >= 4 is 29.1 Å². The van der Waals surface area contributed by atoms with Crippen LogP contribution in [0.1, 0.15) is 84.5 Å². The number of hydrogen-bond acceptors (Lipinski definition) is 3. The highest BCUT2D eigenvalue weighted by Gasteiger charge is 2.50. The fourth-order valence-electron chi connectivity index (χ4n) is 4.92. The van der Waals surface area contributed by atoms with Crippen LogP contribution in [0.2, 0.25) is 0 Å². The van der Waals surface area contributed by atoms with E-state index < -0.39 is 0 Å². The lowest BCUT2D eigenvalue weighted by molar-refractivity contribution is -0.122. The summed E-state index contributed by atoms with van der Waals surface area (Å²) in [6, 6.07) is 7.04. The van der Waals surface area contributed by atoms with Crippen LogP contribution >= 0.6 is 0 Å². The Labute approximate surface area is 192 Å². The molecule has 0 aromatic heterocycles. The number of imide groups is 1. The highest BCUT2D eigenvalue weighted by molar-refractivity contribution is 6.22. The maximum Gasteiger partial charge on any atom is 0.238 e. The Balaban J connectivity index is 1.41. The summed E-state index contributed by atoms with van der Waals surface area (Å²) in [6.45, 7) is 4.23. The van der Waals surface area contributed by atoms with Gasteiger partial charge in [0.05, 0.1) is 17.5 Å². The largest absolute Gasteiger partial charge is 0.326 e. The molecule has 1 aromatic carbocycles. The lowest BCUT2D eigenvalue weighted by atomic mass is 9.78. The molecule has 0 bridgehead atoms. The van der Waals surface area contributed by atoms with Crippen molar-refractivity contribution in [2.45, 2.75) is 84.5 Å². The molecule has 1 fully saturated rings. The Morgan fingerprint density at radius 3 is 2.19 bits per heavy atom. The predicted octanol–water partition coefficient (Wildman–Crippen LogP) is 6.25. The van der Waals surface area contributed by atoms with Crippen molar-refractivity contribution in [1.82, 2.24) is 0 Å². The average molecular weight is 439 g/mol. The zero-order valence-corrected chi connectivity index (χ0v) is 19.6. The molecule has 1 saturated heterocycles. The SMILES string of the molecule is CCCCCCCCCCCC(=O)Nc1ccc(N2C(=O)[C@H]3[C@H](C)C=CC[C@H]3C2=O)cc1. The van der Waals surface area contributed by atoms with E-state index in [1.165, 1.54) is 49.8 Å². The summed E-state index contributed by atoms with van der Waals surface area (Å²) in [7, 11) is 0. The second kappa shape index (κ2) is 12.0. The van der Waals surface area contributed by atoms with Crippen LogP contribution in [0.25, 0.3) is 0 Å². The van der Waals surface area contributed by atoms with E-state index in [9.17, 15) is 14.4 Å². The van der Waals surface area contributed by atoms with E-state index >= 15 is 0 Å². The average Bonchev–Trinajstić information content (AvgIpc) is 3.04. The van der Waals surface area contributed by atoms with Crippen LogP contribution in [0.4, 0.5) is 11.4 Å². The third-order valence-electron chi connectivity index (χ3n) is 6.79. The number of benzene rings is 1. The number of rotatable bonds is 12. The zero-order chi connectivity index (χ0) is 22.9. The van der Waals surface area contributed by atoms with Gasteiger partial charge in [0.2, 0.25) is 17.7 Å². The maximum atomic E-state index is 12.9. The number of hydrogen-bond donors (Lipinski definition) is 1. The van der Waals surface area contributed by atoms with E-state index in [1.54, 1.807) is 24.3 Å². The summed E-state index contributed by atoms with van der Waals surface area (Å²) in [5, 5.41) is 2.93. The molecule has 2 aliphatic rings. The van der Waals surface area contributed by atoms with Gasteiger partial charge in [-0.25, -0.2) is 0 Å². The second-order valence-electron chi connectivity index (χ2n) is 9.34. The van der Waals surface area contributed by atoms with Gasteiger partial charge in [-0.05, 0) is 43.0 Å². The van der Waals surface area contributed by atoms with Crippen molar-refractivity contribution in [3.63, 3.8) is 0 Å². The number of nitrogens with one attached hydrogen (secondary N) is 1. The van der Waals surface area contributed by atoms with Gasteiger partial charge < -0.3 is 5.32 Å². The molecule has 1 aliphatic heterocycles. The van der Waals surface area contributed by atoms with Crippen LogP contribution in [-0.2, 0) is 14.4 Å². The van der Waals surface area contributed by atoms with Crippen LogP contribution < -0.4 is 10.2 Å². The van der Waals surface area contributed by atoms with Gasteiger partial charge in [-0.15, -0.1) is 0 Å². The number of fused-ring (bicyclic) bond motifs is 1. The monoisotopic (exact) mass is 438 g/mol. The second-order valence-corrected chi connectivity index (χ2v) is 9.34. The van der Waals surface area contributed by atoms with Gasteiger partial charge in [-0.2, -0.15) is 0 Å². The Bertz CT molecular complexity index is 815. The first-order valence-corrected chi connectivity index (χ1v) is 12.5. The maximum absolute atomic E-state index is 12.9. The minimum atomic E-state index is -0.261. The summed E-state index contributed by atoms with van der Waals surface area (Å²) in [5.41, 5.74) is 1.28. The molecule has 32 heavy (non-hydrogen) atoms. The number of amides is 3. The van der Waals surface area contributed by atoms with Crippen molar-refractivity contribution in [1.29, 1.82) is 0 Å². The highest BCUT2D eigenvalue weighted by atomic mass is 16.2. The predicted molar refractivity (Wildman–Crippen MR) is 129 cm³/mol. The third-order valence-corrected chi connectivity index (χ3v) is 6.79. The normalized spacial score (nSPS) is 22.3. The molecule has 0 radical (unpaired) electrons. The molecule has 3 rings (SSSR count). The molecule has 0 saturated carbocycles. The number of carbonyl (C=O) groups is 3. The van der Waals surface area contributed by atoms with E-state index in [1.807, 2.05) is 19.1 Å². The smallest absolute Gasteiger partial charge is 0.238 e. The number of unbranched alkanes of at least 4 members (excludes halogenated alkanes) is 8. The first-order valence-electron chi connectivity index (χ1n) is 12.5. The summed E-state index contributed by atoms with van der Waals surface area (Å²) < 4.78 is 0. The van der Waals surface area contributed by atoms with E-state index in [0.29, 0.717) is 24.2 Å². The Kier molecular flexibility index (Phi) is 9.07. The van der Waals surface area contributed by atoms with Gasteiger partial charge in [0.15, 0.2) is 0 Å². The summed E-state index contributed by atoms with van der Waals surface area (Å²) >= 11 is 0. The minimum absolute atomic E-state index is 0.0138. The van der Waals surface area contributed by atoms with Crippen molar-refractivity contribution < 1.29 is 14.4 Å². The quantitative estimate of drug-likeness (QED) is 0.238. The van der Waals surface area contributed by atoms with Gasteiger partial charge in [0, 0.05) is 12.1 Å². The fraction of sp³-hybridized carbons (Fsp3) is 0.593. The molecular formula is C27H38N2O3. The molecule has 0 unspecified atom stereocenters. The Morgan fingerprint density at radius 2 is 1.56 bits per heavy atom. The van der Waals surface area contributed by atoms with E-state index in [0.717, 1.165) is 12.8 Å². The molecule has 5 nitrogen and oxygen atoms in total. The molecule has 3 atom stereocenters. The van der Waals surface area contributed by atoms with Crippen LogP contribution in [-0.4, -0.2) is 17.7 Å². The molecule has 3 amide bonds. The van der Waals surface area contributed by atoms with Crippen LogP contribution in [0.3, 0.4) is 0 Å². The fourth-order valence-corrected chi connectivity index (χ4v) is 4.92. The molecule has 174 valence electrons. The van der Waals surface area contributed by atoms with Crippen LogP contribution in [0.15, 0.2) is 36.4 Å². The number of allylic oxidation sites excluding steroid dienone is 2. The van der Waals surface area contributed by atoms with E-state index in [-0.39, 0.29) is 35.5 Å². The van der Waals surface area contributed by atoms with Crippen molar-refractivity contribution in [2.75, 3.05) is 10.2 Å². The molecule has 5 heteroatoms. The van der Waals surface area contributed by atoms with Crippen LogP contribution in [0.5, 0.6) is 0 Å². The lowest BCUT2D eigenvalue weighted by Gasteiger charge is -2.22. The summed E-state index contributed by atoms with van der Waals surface area (Å²) in [5.74, 6) is -0.645. The topological polar surface area (TPSA) is 66.5 Å². The van der Waals surface area contributed by atoms with Gasteiger partial charge in [-0.3, -0.25) is 19.3 Å². The van der Waals surface area contributed by atoms with Crippen LogP contribution in [0, 0.1) is 17.8 Å². The molecule has 1 aliphatic carbocycles. The Morgan fingerprint density at radius 1 is 0.938 bits per heavy atom. The van der Waals surface area contributed by atoms with Gasteiger partial charge in [0.25, 0.3) is 0 Å². The summed E-state index contributed by atoms with van der Waals surface area (Å²) in [4.78, 5) is 39.3. The van der Waals surface area contributed by atoms with Crippen molar-refractivity contribution in [2.24, 2.45) is 17.8 Å². The highest BCUT2D eigenvalue weighted by Crippen LogP contribution is 2.40. The Hall–Kier alpha value is -2.43. The zero-order valence-electron chi connectivity index (χ0n) is 19.6. The standard InChI is InChI=1S/C27H38N2O3/c1-3-4-5-6-7-8-9-10-11-15-24(30)28-21-16-18-22(19-17-21)29-26(31)23-14-12-13-20(2)25(23)27(29)32/h12-13,16-20,23,25H,3-11,14-15H2,1-2H3,(H,28,30)/t20-,23-,25+/m1/s1. The van der Waals surface area contributed by atoms with Gasteiger partial charge in [0.1, 0.15) is 0 Å².